The van der Waals surface area contributed by atoms with Gasteiger partial charge >= 0.3 is 11.7 Å². The predicted octanol–water partition coefficient (Wildman–Crippen LogP) is 0.794. The second-order valence-corrected chi connectivity index (χ2v) is 4.53. The molecule has 1 aromatic carbocycles. The maximum absolute atomic E-state index is 11.0. The molecular formula is C13H14N4O4. The molecule has 110 valence electrons. The number of nitrogens with zero attached hydrogens (tertiary/aromatic N) is 3. The number of nitrogens with two attached hydrogens (primary N) is 1. The second kappa shape index (κ2) is 6.14. The second-order valence-electron chi connectivity index (χ2n) is 4.53. The lowest BCUT2D eigenvalue weighted by molar-refractivity contribution is -0.385. The number of aromatic nitrogens is 2. The molecule has 0 spiro atoms. The molecule has 0 aliphatic rings. The Labute approximate surface area is 120 Å². The van der Waals surface area contributed by atoms with Gasteiger partial charge in [0.25, 0.3) is 0 Å². The summed E-state index contributed by atoms with van der Waals surface area (Å²) in [7, 11) is 0. The predicted molar refractivity (Wildman–Crippen MR) is 73.7 cm³/mol. The van der Waals surface area contributed by atoms with E-state index in [2.05, 4.69) is 5.10 Å². The Morgan fingerprint density at radius 3 is 2.67 bits per heavy atom. The van der Waals surface area contributed by atoms with E-state index in [0.29, 0.717) is 6.54 Å². The highest BCUT2D eigenvalue weighted by Crippen LogP contribution is 2.20. The summed E-state index contributed by atoms with van der Waals surface area (Å²) in [6.45, 7) is 0.316. The first kappa shape index (κ1) is 14.7. The van der Waals surface area contributed by atoms with Gasteiger partial charge < -0.3 is 10.8 Å². The molecule has 0 aliphatic carbocycles. The highest BCUT2D eigenvalue weighted by Gasteiger charge is 2.25. The first-order valence-corrected chi connectivity index (χ1v) is 6.20. The maximum atomic E-state index is 11.0. The van der Waals surface area contributed by atoms with Crippen molar-refractivity contribution < 1.29 is 14.8 Å². The van der Waals surface area contributed by atoms with Crippen molar-refractivity contribution in [3.63, 3.8) is 0 Å². The van der Waals surface area contributed by atoms with Crippen molar-refractivity contribution in [2.75, 3.05) is 0 Å². The molecular weight excluding hydrogens is 276 g/mol. The van der Waals surface area contributed by atoms with Gasteiger partial charge in [0.1, 0.15) is 17.9 Å². The molecule has 2 rings (SSSR count). The number of aliphatic carboxylic acids is 1. The van der Waals surface area contributed by atoms with Crippen molar-refractivity contribution in [1.82, 2.24) is 9.78 Å². The quantitative estimate of drug-likeness (QED) is 0.598. The summed E-state index contributed by atoms with van der Waals surface area (Å²) < 4.78 is 1.41. The fourth-order valence-corrected chi connectivity index (χ4v) is 1.95. The number of hydrogen-bond donors (Lipinski definition) is 2. The molecule has 0 radical (unpaired) electrons. The summed E-state index contributed by atoms with van der Waals surface area (Å²) in [6.07, 6.45) is 0.964. The van der Waals surface area contributed by atoms with Crippen LogP contribution in [0.2, 0.25) is 0 Å². The lowest BCUT2D eigenvalue weighted by Gasteiger charge is -2.09. The Bertz CT molecular complexity index is 653. The van der Waals surface area contributed by atoms with Crippen LogP contribution in [-0.4, -0.2) is 31.8 Å². The number of nitro groups is 1. The highest BCUT2D eigenvalue weighted by atomic mass is 16.6. The molecule has 2 aromatic rings. The van der Waals surface area contributed by atoms with Crippen LogP contribution in [0.4, 0.5) is 5.69 Å². The normalized spacial score (nSPS) is 12.0. The molecule has 0 unspecified atom stereocenters. The molecule has 0 amide bonds. The molecule has 1 aromatic heterocycles. The summed E-state index contributed by atoms with van der Waals surface area (Å²) >= 11 is 0. The van der Waals surface area contributed by atoms with Crippen LogP contribution in [0.25, 0.3) is 0 Å². The number of carbonyl (C=O) groups is 1. The SMILES string of the molecule is N[C@@H](Cc1c([N+](=O)[O-])cnn1Cc1ccccc1)C(=O)O. The minimum absolute atomic E-state index is 0.154. The zero-order chi connectivity index (χ0) is 15.4. The van der Waals surface area contributed by atoms with E-state index < -0.39 is 16.9 Å². The van der Waals surface area contributed by atoms with E-state index in [1.807, 2.05) is 30.3 Å². The minimum atomic E-state index is -1.21. The zero-order valence-electron chi connectivity index (χ0n) is 11.0. The monoisotopic (exact) mass is 290 g/mol. The fourth-order valence-electron chi connectivity index (χ4n) is 1.95. The number of rotatable bonds is 6. The van der Waals surface area contributed by atoms with E-state index in [1.165, 1.54) is 4.68 Å². The Kier molecular flexibility index (Phi) is 4.29. The van der Waals surface area contributed by atoms with E-state index >= 15 is 0 Å². The van der Waals surface area contributed by atoms with Crippen LogP contribution >= 0.6 is 0 Å². The van der Waals surface area contributed by atoms with Gasteiger partial charge in [-0.3, -0.25) is 19.6 Å². The average Bonchev–Trinajstić information content (AvgIpc) is 2.83. The summed E-state index contributed by atoms with van der Waals surface area (Å²) in [4.78, 5) is 21.3. The zero-order valence-corrected chi connectivity index (χ0v) is 11.0. The molecule has 1 heterocycles. The van der Waals surface area contributed by atoms with Gasteiger partial charge in [-0.2, -0.15) is 5.10 Å². The lowest BCUT2D eigenvalue weighted by atomic mass is 10.1. The van der Waals surface area contributed by atoms with E-state index in [1.54, 1.807) is 0 Å². The van der Waals surface area contributed by atoms with Crippen molar-refractivity contribution >= 4 is 11.7 Å². The van der Waals surface area contributed by atoms with Crippen molar-refractivity contribution in [3.8, 4) is 0 Å². The first-order valence-electron chi connectivity index (χ1n) is 6.20. The molecule has 8 nitrogen and oxygen atoms in total. The van der Waals surface area contributed by atoms with Gasteiger partial charge in [0.15, 0.2) is 0 Å². The van der Waals surface area contributed by atoms with Crippen LogP contribution in [0, 0.1) is 10.1 Å². The average molecular weight is 290 g/mol. The Hall–Kier alpha value is -2.74. The molecule has 3 N–H and O–H groups in total. The smallest absolute Gasteiger partial charge is 0.320 e. The van der Waals surface area contributed by atoms with Gasteiger partial charge in [-0.25, -0.2) is 0 Å². The van der Waals surface area contributed by atoms with E-state index in [9.17, 15) is 14.9 Å². The molecule has 0 fully saturated rings. The Balaban J connectivity index is 2.32. The summed E-state index contributed by atoms with van der Waals surface area (Å²) in [5.41, 5.74) is 6.37. The molecule has 0 saturated carbocycles. The summed E-state index contributed by atoms with van der Waals surface area (Å²) in [6, 6.07) is 8.04. The van der Waals surface area contributed by atoms with Crippen molar-refractivity contribution in [1.29, 1.82) is 0 Å². The number of benzene rings is 1. The van der Waals surface area contributed by atoms with Crippen molar-refractivity contribution in [2.45, 2.75) is 19.0 Å². The molecule has 8 heteroatoms. The highest BCUT2D eigenvalue weighted by molar-refractivity contribution is 5.73. The standard InChI is InChI=1S/C13H14N4O4/c14-10(13(18)19)6-11-12(17(20)21)7-15-16(11)8-9-4-2-1-3-5-9/h1-5,7,10H,6,8,14H2,(H,18,19)/t10-/m0/s1. The number of hydrogen-bond acceptors (Lipinski definition) is 5. The molecule has 0 aliphatic heterocycles. The molecule has 0 bridgehead atoms. The Morgan fingerprint density at radius 2 is 2.10 bits per heavy atom. The van der Waals surface area contributed by atoms with Gasteiger partial charge in [-0.05, 0) is 5.56 Å². The molecule has 0 saturated heterocycles. The van der Waals surface area contributed by atoms with Gasteiger partial charge in [0.2, 0.25) is 0 Å². The lowest BCUT2D eigenvalue weighted by Crippen LogP contribution is -2.33. The van der Waals surface area contributed by atoms with Crippen LogP contribution in [0.1, 0.15) is 11.3 Å². The Morgan fingerprint density at radius 1 is 1.43 bits per heavy atom. The maximum Gasteiger partial charge on any atom is 0.320 e. The van der Waals surface area contributed by atoms with Crippen LogP contribution < -0.4 is 5.73 Å². The van der Waals surface area contributed by atoms with Crippen LogP contribution in [0.3, 0.4) is 0 Å². The third-order valence-corrected chi connectivity index (χ3v) is 3.03. The topological polar surface area (TPSA) is 124 Å². The third kappa shape index (κ3) is 3.42. The van der Waals surface area contributed by atoms with Crippen LogP contribution in [-0.2, 0) is 17.8 Å². The van der Waals surface area contributed by atoms with E-state index in [0.717, 1.165) is 11.8 Å². The number of carboxylic acid groups (broad SMARTS) is 1. The van der Waals surface area contributed by atoms with Gasteiger partial charge in [-0.1, -0.05) is 30.3 Å². The minimum Gasteiger partial charge on any atom is -0.480 e. The van der Waals surface area contributed by atoms with E-state index in [4.69, 9.17) is 10.8 Å². The van der Waals surface area contributed by atoms with Crippen LogP contribution in [0.5, 0.6) is 0 Å². The van der Waals surface area contributed by atoms with Crippen molar-refractivity contribution in [2.24, 2.45) is 5.73 Å². The summed E-state index contributed by atoms with van der Waals surface area (Å²) in [5.74, 6) is -1.21. The van der Waals surface area contributed by atoms with Crippen molar-refractivity contribution in [3.05, 3.63) is 57.9 Å². The van der Waals surface area contributed by atoms with E-state index in [-0.39, 0.29) is 17.8 Å². The third-order valence-electron chi connectivity index (χ3n) is 3.03. The first-order chi connectivity index (χ1) is 9.99. The molecule has 21 heavy (non-hydrogen) atoms. The van der Waals surface area contributed by atoms with Gasteiger partial charge in [0, 0.05) is 6.42 Å². The number of carboxylic acids is 1. The van der Waals surface area contributed by atoms with Crippen LogP contribution in [0.15, 0.2) is 36.5 Å². The fraction of sp³-hybridized carbons (Fsp3) is 0.231. The van der Waals surface area contributed by atoms with Gasteiger partial charge in [-0.15, -0.1) is 0 Å². The molecule has 1 atom stereocenters. The van der Waals surface area contributed by atoms with Gasteiger partial charge in [0.05, 0.1) is 11.5 Å². The largest absolute Gasteiger partial charge is 0.480 e. The summed E-state index contributed by atoms with van der Waals surface area (Å²) in [5, 5.41) is 23.8.